The van der Waals surface area contributed by atoms with Gasteiger partial charge in [-0.05, 0) is 25.0 Å². The van der Waals surface area contributed by atoms with Crippen LogP contribution in [0.4, 0.5) is 0 Å². The lowest BCUT2D eigenvalue weighted by atomic mass is 9.96. The Kier molecular flexibility index (Phi) is 4.36. The van der Waals surface area contributed by atoms with E-state index in [1.165, 1.54) is 0 Å². The molecule has 4 heterocycles. The van der Waals surface area contributed by atoms with Crippen LogP contribution < -0.4 is 5.76 Å². The number of nitrogens with zero attached hydrogens (tertiary/aromatic N) is 3. The molecule has 2 aliphatic rings. The Labute approximate surface area is 148 Å². The van der Waals surface area contributed by atoms with Crippen LogP contribution in [-0.2, 0) is 16.1 Å². The van der Waals surface area contributed by atoms with Gasteiger partial charge in [-0.2, -0.15) is 0 Å². The highest BCUT2D eigenvalue weighted by atomic mass is 16.4. The largest absolute Gasteiger partial charge is 0.467 e. The van der Waals surface area contributed by atoms with Crippen LogP contribution in [0.2, 0.25) is 0 Å². The van der Waals surface area contributed by atoms with Gasteiger partial charge in [0, 0.05) is 26.1 Å². The monoisotopic (exact) mass is 360 g/mol. The second-order valence-electron chi connectivity index (χ2n) is 6.83. The molecule has 2 aromatic heterocycles. The minimum absolute atomic E-state index is 0.0251. The predicted molar refractivity (Wildman–Crippen MR) is 87.9 cm³/mol. The van der Waals surface area contributed by atoms with E-state index in [9.17, 15) is 14.4 Å². The van der Waals surface area contributed by atoms with Gasteiger partial charge in [-0.1, -0.05) is 0 Å². The summed E-state index contributed by atoms with van der Waals surface area (Å²) in [5.41, 5.74) is 0. The predicted octanol–water partition coefficient (Wildman–Crippen LogP) is 0.711. The first-order valence-corrected chi connectivity index (χ1v) is 8.74. The van der Waals surface area contributed by atoms with Gasteiger partial charge in [0.15, 0.2) is 0 Å². The van der Waals surface area contributed by atoms with Crippen LogP contribution in [0.25, 0.3) is 0 Å². The van der Waals surface area contributed by atoms with Crippen molar-refractivity contribution in [2.75, 3.05) is 19.6 Å². The Hall–Kier alpha value is -2.84. The van der Waals surface area contributed by atoms with Gasteiger partial charge < -0.3 is 18.6 Å². The first-order valence-electron chi connectivity index (χ1n) is 8.74. The molecular formula is C17H20N4O5. The SMILES string of the molecule is O=C1CC(C(=O)N2CCCC(c3n[nH]c(=O)o3)C2)CN1Cc1ccco1. The summed E-state index contributed by atoms with van der Waals surface area (Å²) in [6.45, 7) is 1.88. The number of nitrogens with one attached hydrogen (secondary N) is 1. The lowest BCUT2D eigenvalue weighted by molar-refractivity contribution is -0.137. The van der Waals surface area contributed by atoms with Gasteiger partial charge in [0.1, 0.15) is 5.76 Å². The number of rotatable bonds is 4. The van der Waals surface area contributed by atoms with Crippen molar-refractivity contribution in [2.45, 2.75) is 31.7 Å². The fraction of sp³-hybridized carbons (Fsp3) is 0.529. The zero-order valence-corrected chi connectivity index (χ0v) is 14.2. The molecule has 2 atom stereocenters. The Morgan fingerprint density at radius 2 is 2.23 bits per heavy atom. The molecule has 0 radical (unpaired) electrons. The van der Waals surface area contributed by atoms with Gasteiger partial charge in [0.2, 0.25) is 17.7 Å². The van der Waals surface area contributed by atoms with Crippen molar-refractivity contribution in [3.8, 4) is 0 Å². The number of hydrogen-bond donors (Lipinski definition) is 1. The molecule has 2 unspecified atom stereocenters. The highest BCUT2D eigenvalue weighted by molar-refractivity contribution is 5.89. The van der Waals surface area contributed by atoms with E-state index in [-0.39, 0.29) is 30.1 Å². The molecular weight excluding hydrogens is 340 g/mol. The molecule has 9 nitrogen and oxygen atoms in total. The summed E-state index contributed by atoms with van der Waals surface area (Å²) in [6.07, 6.45) is 3.41. The minimum atomic E-state index is -0.585. The number of aromatic nitrogens is 2. The third kappa shape index (κ3) is 3.29. The summed E-state index contributed by atoms with van der Waals surface area (Å²) < 4.78 is 10.3. The van der Waals surface area contributed by atoms with Gasteiger partial charge in [0.05, 0.1) is 24.6 Å². The standard InChI is InChI=1S/C17H20N4O5/c22-14-7-12(9-21(14)10-13-4-2-6-25-13)16(23)20-5-1-3-11(8-20)15-18-19-17(24)26-15/h2,4,6,11-12H,1,3,5,7-10H2,(H,19,24). The van der Waals surface area contributed by atoms with E-state index >= 15 is 0 Å². The summed E-state index contributed by atoms with van der Waals surface area (Å²) in [5.74, 6) is -0.0363. The highest BCUT2D eigenvalue weighted by Crippen LogP contribution is 2.28. The van der Waals surface area contributed by atoms with E-state index < -0.39 is 5.76 Å². The van der Waals surface area contributed by atoms with Crippen molar-refractivity contribution in [3.63, 3.8) is 0 Å². The summed E-state index contributed by atoms with van der Waals surface area (Å²) in [4.78, 5) is 39.7. The van der Waals surface area contributed by atoms with Crippen molar-refractivity contribution in [1.29, 1.82) is 0 Å². The highest BCUT2D eigenvalue weighted by Gasteiger charge is 2.38. The quantitative estimate of drug-likeness (QED) is 0.859. The molecule has 2 amide bonds. The lowest BCUT2D eigenvalue weighted by Crippen LogP contribution is -2.43. The molecule has 1 N–H and O–H groups in total. The van der Waals surface area contributed by atoms with E-state index in [1.807, 2.05) is 6.07 Å². The molecule has 4 rings (SSSR count). The molecule has 0 aromatic carbocycles. The van der Waals surface area contributed by atoms with Gasteiger partial charge in [-0.15, -0.1) is 5.10 Å². The molecule has 2 aliphatic heterocycles. The average Bonchev–Trinajstić information content (AvgIpc) is 3.38. The van der Waals surface area contributed by atoms with E-state index in [4.69, 9.17) is 8.83 Å². The Bertz CT molecular complexity index is 839. The van der Waals surface area contributed by atoms with E-state index in [0.29, 0.717) is 37.8 Å². The normalized spacial score (nSPS) is 23.6. The number of furan rings is 1. The lowest BCUT2D eigenvalue weighted by Gasteiger charge is -2.32. The Balaban J connectivity index is 1.39. The number of carbonyl (C=O) groups excluding carboxylic acids is 2. The molecule has 0 spiro atoms. The molecule has 2 fully saturated rings. The van der Waals surface area contributed by atoms with Crippen LogP contribution in [0.1, 0.15) is 36.8 Å². The van der Waals surface area contributed by atoms with Crippen molar-refractivity contribution in [3.05, 3.63) is 40.6 Å². The second-order valence-corrected chi connectivity index (χ2v) is 6.83. The number of H-pyrrole nitrogens is 1. The maximum atomic E-state index is 12.9. The summed E-state index contributed by atoms with van der Waals surface area (Å²) in [6, 6.07) is 3.59. The van der Waals surface area contributed by atoms with Crippen LogP contribution in [-0.4, -0.2) is 51.4 Å². The van der Waals surface area contributed by atoms with Crippen LogP contribution in [0.15, 0.2) is 32.0 Å². The zero-order valence-electron chi connectivity index (χ0n) is 14.2. The molecule has 138 valence electrons. The summed E-state index contributed by atoms with van der Waals surface area (Å²) >= 11 is 0. The third-order valence-corrected chi connectivity index (χ3v) is 5.03. The number of carbonyl (C=O) groups is 2. The van der Waals surface area contributed by atoms with Crippen molar-refractivity contribution >= 4 is 11.8 Å². The molecule has 2 saturated heterocycles. The number of likely N-dealkylation sites (tertiary alicyclic amines) is 2. The van der Waals surface area contributed by atoms with Gasteiger partial charge in [0.25, 0.3) is 0 Å². The fourth-order valence-corrected chi connectivity index (χ4v) is 3.73. The zero-order chi connectivity index (χ0) is 18.1. The number of amides is 2. The minimum Gasteiger partial charge on any atom is -0.467 e. The Morgan fingerprint density at radius 1 is 1.35 bits per heavy atom. The fourth-order valence-electron chi connectivity index (χ4n) is 3.73. The van der Waals surface area contributed by atoms with Gasteiger partial charge in [-0.3, -0.25) is 9.59 Å². The number of hydrogen-bond acceptors (Lipinski definition) is 6. The molecule has 9 heteroatoms. The third-order valence-electron chi connectivity index (χ3n) is 5.03. The van der Waals surface area contributed by atoms with Crippen LogP contribution in [0.5, 0.6) is 0 Å². The van der Waals surface area contributed by atoms with Gasteiger partial charge >= 0.3 is 5.76 Å². The number of piperidine rings is 1. The van der Waals surface area contributed by atoms with Crippen molar-refractivity contribution < 1.29 is 18.4 Å². The molecule has 2 aromatic rings. The van der Waals surface area contributed by atoms with Crippen LogP contribution in [0.3, 0.4) is 0 Å². The first-order chi connectivity index (χ1) is 12.6. The summed E-state index contributed by atoms with van der Waals surface area (Å²) in [5, 5.41) is 6.14. The second kappa shape index (κ2) is 6.81. The Morgan fingerprint density at radius 3 is 2.96 bits per heavy atom. The maximum absolute atomic E-state index is 12.9. The molecule has 0 saturated carbocycles. The maximum Gasteiger partial charge on any atom is 0.434 e. The van der Waals surface area contributed by atoms with E-state index in [0.717, 1.165) is 12.8 Å². The number of aromatic amines is 1. The van der Waals surface area contributed by atoms with Crippen molar-refractivity contribution in [2.24, 2.45) is 5.92 Å². The van der Waals surface area contributed by atoms with E-state index in [2.05, 4.69) is 10.2 Å². The van der Waals surface area contributed by atoms with Crippen LogP contribution >= 0.6 is 0 Å². The molecule has 0 bridgehead atoms. The first kappa shape index (κ1) is 16.6. The van der Waals surface area contributed by atoms with Crippen molar-refractivity contribution in [1.82, 2.24) is 20.0 Å². The van der Waals surface area contributed by atoms with Crippen LogP contribution in [0, 0.1) is 5.92 Å². The average molecular weight is 360 g/mol. The molecule has 0 aliphatic carbocycles. The molecule has 26 heavy (non-hydrogen) atoms. The topological polar surface area (TPSA) is 113 Å². The smallest absolute Gasteiger partial charge is 0.434 e. The van der Waals surface area contributed by atoms with Gasteiger partial charge in [-0.25, -0.2) is 9.89 Å². The van der Waals surface area contributed by atoms with E-state index in [1.54, 1.807) is 22.1 Å². The summed E-state index contributed by atoms with van der Waals surface area (Å²) in [7, 11) is 0.